The summed E-state index contributed by atoms with van der Waals surface area (Å²) in [7, 11) is 1.56. The minimum absolute atomic E-state index is 0.250. The Morgan fingerprint density at radius 1 is 1.17 bits per heavy atom. The molecule has 0 aliphatic carbocycles. The molecule has 30 heavy (non-hydrogen) atoms. The van der Waals surface area contributed by atoms with Gasteiger partial charge in [-0.1, -0.05) is 42.5 Å². The number of thioether (sulfide) groups is 1. The molecule has 0 aromatic heterocycles. The summed E-state index contributed by atoms with van der Waals surface area (Å²) < 4.78 is 5.10. The number of imide groups is 1. The van der Waals surface area contributed by atoms with Gasteiger partial charge in [-0.05, 0) is 47.5 Å². The number of benzene rings is 2. The van der Waals surface area contributed by atoms with Gasteiger partial charge in [-0.15, -0.1) is 0 Å². The van der Waals surface area contributed by atoms with E-state index in [-0.39, 0.29) is 11.5 Å². The third-order valence-electron chi connectivity index (χ3n) is 4.50. The van der Waals surface area contributed by atoms with E-state index in [1.807, 2.05) is 30.3 Å². The summed E-state index contributed by atoms with van der Waals surface area (Å²) in [5.41, 5.74) is 1.71. The summed E-state index contributed by atoms with van der Waals surface area (Å²) in [5, 5.41) is 11.7. The molecule has 1 saturated heterocycles. The maximum Gasteiger partial charge on any atom is 0.294 e. The van der Waals surface area contributed by atoms with Crippen molar-refractivity contribution in [1.82, 2.24) is 10.2 Å². The van der Waals surface area contributed by atoms with Crippen LogP contribution in [0.25, 0.3) is 6.08 Å². The molecule has 1 aliphatic heterocycles. The normalized spacial score (nSPS) is 16.1. The van der Waals surface area contributed by atoms with Crippen LogP contribution >= 0.6 is 11.8 Å². The van der Waals surface area contributed by atoms with Crippen molar-refractivity contribution in [2.45, 2.75) is 12.5 Å². The molecule has 8 heteroatoms. The van der Waals surface area contributed by atoms with Gasteiger partial charge in [0.2, 0.25) is 5.91 Å². The fourth-order valence-corrected chi connectivity index (χ4v) is 3.80. The van der Waals surface area contributed by atoms with Crippen LogP contribution in [0.1, 0.15) is 11.1 Å². The molecule has 1 unspecified atom stereocenters. The highest BCUT2D eigenvalue weighted by molar-refractivity contribution is 8.18. The van der Waals surface area contributed by atoms with Crippen molar-refractivity contribution in [3.8, 4) is 5.75 Å². The fourth-order valence-electron chi connectivity index (χ4n) is 2.96. The predicted octanol–water partition coefficient (Wildman–Crippen LogP) is 2.45. The number of hydrogen-bond donors (Lipinski definition) is 2. The number of hydrogen-bond acceptors (Lipinski definition) is 6. The van der Waals surface area contributed by atoms with Gasteiger partial charge in [0.15, 0.2) is 0 Å². The minimum atomic E-state index is -0.514. The molecule has 1 atom stereocenters. The number of amides is 3. The Morgan fingerprint density at radius 2 is 1.87 bits per heavy atom. The summed E-state index contributed by atoms with van der Waals surface area (Å²) in [6.07, 6.45) is 2.05. The van der Waals surface area contributed by atoms with E-state index in [0.29, 0.717) is 12.2 Å². The quantitative estimate of drug-likeness (QED) is 0.630. The van der Waals surface area contributed by atoms with E-state index in [2.05, 4.69) is 5.32 Å². The molecule has 2 aromatic rings. The highest BCUT2D eigenvalue weighted by Gasteiger charge is 2.36. The highest BCUT2D eigenvalue weighted by Crippen LogP contribution is 2.32. The van der Waals surface area contributed by atoms with Crippen LogP contribution in [0.15, 0.2) is 59.5 Å². The SMILES string of the molecule is COc1ccc(/C=C2\SC(=O)N(CC(=O)NC(CO)Cc3ccccc3)C2=O)cc1. The average molecular weight is 426 g/mol. The Balaban J connectivity index is 1.61. The van der Waals surface area contributed by atoms with E-state index in [0.717, 1.165) is 27.8 Å². The largest absolute Gasteiger partial charge is 0.497 e. The van der Waals surface area contributed by atoms with Gasteiger partial charge in [-0.3, -0.25) is 19.3 Å². The molecule has 0 radical (unpaired) electrons. The van der Waals surface area contributed by atoms with E-state index < -0.39 is 29.6 Å². The second-order valence-electron chi connectivity index (χ2n) is 6.68. The second-order valence-corrected chi connectivity index (χ2v) is 7.67. The first-order chi connectivity index (χ1) is 14.5. The Labute approximate surface area is 178 Å². The molecular formula is C22H22N2O5S. The van der Waals surface area contributed by atoms with Crippen LogP contribution in [0.3, 0.4) is 0 Å². The maximum absolute atomic E-state index is 12.6. The van der Waals surface area contributed by atoms with Gasteiger partial charge in [-0.25, -0.2) is 0 Å². The van der Waals surface area contributed by atoms with Crippen molar-refractivity contribution in [2.24, 2.45) is 0 Å². The zero-order chi connectivity index (χ0) is 21.5. The van der Waals surface area contributed by atoms with Crippen LogP contribution in [0.5, 0.6) is 5.75 Å². The molecule has 1 heterocycles. The maximum atomic E-state index is 12.6. The van der Waals surface area contributed by atoms with Gasteiger partial charge in [-0.2, -0.15) is 0 Å². The first-order valence-electron chi connectivity index (χ1n) is 9.33. The second kappa shape index (κ2) is 10.1. The van der Waals surface area contributed by atoms with E-state index in [1.165, 1.54) is 0 Å². The number of methoxy groups -OCH3 is 1. The van der Waals surface area contributed by atoms with E-state index in [9.17, 15) is 19.5 Å². The number of carbonyl (C=O) groups is 3. The standard InChI is InChI=1S/C22H22N2O5S/c1-29-18-9-7-16(8-10-18)12-19-21(27)24(22(28)30-19)13-20(26)23-17(14-25)11-15-5-3-2-4-6-15/h2-10,12,17,25H,11,13-14H2,1H3,(H,23,26)/b19-12-. The molecule has 0 spiro atoms. The summed E-state index contributed by atoms with van der Waals surface area (Å²) in [5.74, 6) is -0.330. The van der Waals surface area contributed by atoms with E-state index in [4.69, 9.17) is 4.74 Å². The number of rotatable bonds is 8. The molecule has 0 bridgehead atoms. The molecule has 7 nitrogen and oxygen atoms in total. The van der Waals surface area contributed by atoms with Crippen molar-refractivity contribution >= 4 is 34.9 Å². The lowest BCUT2D eigenvalue weighted by Crippen LogP contribution is -2.45. The van der Waals surface area contributed by atoms with Gasteiger partial charge in [0, 0.05) is 0 Å². The summed E-state index contributed by atoms with van der Waals surface area (Å²) in [6.45, 7) is -0.643. The molecule has 3 rings (SSSR count). The molecule has 1 aliphatic rings. The van der Waals surface area contributed by atoms with Gasteiger partial charge in [0.25, 0.3) is 11.1 Å². The van der Waals surface area contributed by atoms with Crippen molar-refractivity contribution in [1.29, 1.82) is 0 Å². The lowest BCUT2D eigenvalue weighted by atomic mass is 10.1. The number of nitrogens with zero attached hydrogens (tertiary/aromatic N) is 1. The fraction of sp³-hybridized carbons (Fsp3) is 0.227. The van der Waals surface area contributed by atoms with Gasteiger partial charge in [0.05, 0.1) is 24.7 Å². The Hall–Kier alpha value is -3.10. The molecular weight excluding hydrogens is 404 g/mol. The van der Waals surface area contributed by atoms with Crippen molar-refractivity contribution in [2.75, 3.05) is 20.3 Å². The van der Waals surface area contributed by atoms with Crippen LogP contribution in [-0.2, 0) is 16.0 Å². The topological polar surface area (TPSA) is 95.9 Å². The monoisotopic (exact) mass is 426 g/mol. The zero-order valence-electron chi connectivity index (χ0n) is 16.4. The molecule has 1 fully saturated rings. The molecule has 2 aromatic carbocycles. The number of aliphatic hydroxyl groups excluding tert-OH is 1. The number of carbonyl (C=O) groups excluding carboxylic acids is 3. The van der Waals surface area contributed by atoms with Crippen LogP contribution in [0.4, 0.5) is 4.79 Å². The van der Waals surface area contributed by atoms with Gasteiger partial charge < -0.3 is 15.2 Å². The lowest BCUT2D eigenvalue weighted by Gasteiger charge is -2.18. The third-order valence-corrected chi connectivity index (χ3v) is 5.41. The summed E-state index contributed by atoms with van der Waals surface area (Å²) >= 11 is 0.794. The Bertz CT molecular complexity index is 944. The van der Waals surface area contributed by atoms with Crippen LogP contribution in [0, 0.1) is 0 Å². The van der Waals surface area contributed by atoms with Crippen LogP contribution in [-0.4, -0.2) is 53.4 Å². The lowest BCUT2D eigenvalue weighted by molar-refractivity contribution is -0.129. The Morgan fingerprint density at radius 3 is 2.50 bits per heavy atom. The summed E-state index contributed by atoms with van der Waals surface area (Å²) in [4.78, 5) is 38.4. The van der Waals surface area contributed by atoms with Crippen LogP contribution in [0.2, 0.25) is 0 Å². The average Bonchev–Trinajstić information content (AvgIpc) is 3.01. The third kappa shape index (κ3) is 5.49. The molecule has 3 amide bonds. The first-order valence-corrected chi connectivity index (χ1v) is 10.2. The van der Waals surface area contributed by atoms with Gasteiger partial charge >= 0.3 is 0 Å². The number of ether oxygens (including phenoxy) is 1. The zero-order valence-corrected chi connectivity index (χ0v) is 17.2. The first kappa shape index (κ1) is 21.6. The smallest absolute Gasteiger partial charge is 0.294 e. The highest BCUT2D eigenvalue weighted by atomic mass is 32.2. The van der Waals surface area contributed by atoms with Crippen molar-refractivity contribution in [3.05, 3.63) is 70.6 Å². The Kier molecular flexibility index (Phi) is 7.26. The number of aliphatic hydroxyl groups is 1. The van der Waals surface area contributed by atoms with Crippen molar-refractivity contribution in [3.63, 3.8) is 0 Å². The van der Waals surface area contributed by atoms with Gasteiger partial charge in [0.1, 0.15) is 12.3 Å². The molecule has 156 valence electrons. The molecule has 0 saturated carbocycles. The predicted molar refractivity (Wildman–Crippen MR) is 115 cm³/mol. The summed E-state index contributed by atoms with van der Waals surface area (Å²) in [6, 6.07) is 16.0. The van der Waals surface area contributed by atoms with E-state index >= 15 is 0 Å². The molecule has 2 N–H and O–H groups in total. The van der Waals surface area contributed by atoms with E-state index in [1.54, 1.807) is 37.5 Å². The van der Waals surface area contributed by atoms with Crippen LogP contribution < -0.4 is 10.1 Å². The number of nitrogens with one attached hydrogen (secondary N) is 1. The minimum Gasteiger partial charge on any atom is -0.497 e. The van der Waals surface area contributed by atoms with Crippen molar-refractivity contribution < 1.29 is 24.2 Å².